The van der Waals surface area contributed by atoms with Crippen LogP contribution >= 0.6 is 0 Å². The molecule has 1 aromatic heterocycles. The Kier molecular flexibility index (Phi) is 3.79. The standard InChI is InChI=1S/C14H18N4O2S/c1-21(19,20)14-4-2-3-11(7-14)12-8-16-18(9-12)10-13-5-6-15-17-13/h2-4,7-9,13,15,17H,5-6,10H2,1H3. The monoisotopic (exact) mass is 306 g/mol. The van der Waals surface area contributed by atoms with Gasteiger partial charge in [-0.2, -0.15) is 5.10 Å². The maximum atomic E-state index is 11.6. The maximum absolute atomic E-state index is 11.6. The molecule has 21 heavy (non-hydrogen) atoms. The number of hydrogen-bond donors (Lipinski definition) is 2. The third-order valence-corrected chi connectivity index (χ3v) is 4.67. The van der Waals surface area contributed by atoms with Crippen LogP contribution in [0.3, 0.4) is 0 Å². The van der Waals surface area contributed by atoms with Crippen LogP contribution in [-0.2, 0) is 16.4 Å². The fourth-order valence-electron chi connectivity index (χ4n) is 2.42. The first-order chi connectivity index (χ1) is 10.0. The molecule has 1 aromatic carbocycles. The van der Waals surface area contributed by atoms with Crippen molar-refractivity contribution in [1.29, 1.82) is 0 Å². The van der Waals surface area contributed by atoms with Crippen LogP contribution in [0, 0.1) is 0 Å². The van der Waals surface area contributed by atoms with Crippen LogP contribution in [0.5, 0.6) is 0 Å². The summed E-state index contributed by atoms with van der Waals surface area (Å²) in [5.74, 6) is 0. The molecule has 0 aliphatic carbocycles. The zero-order chi connectivity index (χ0) is 14.9. The number of hydrazine groups is 1. The maximum Gasteiger partial charge on any atom is 0.175 e. The lowest BCUT2D eigenvalue weighted by Gasteiger charge is -2.08. The van der Waals surface area contributed by atoms with Crippen molar-refractivity contribution in [2.75, 3.05) is 12.8 Å². The zero-order valence-corrected chi connectivity index (χ0v) is 12.6. The molecule has 0 radical (unpaired) electrons. The van der Waals surface area contributed by atoms with Crippen molar-refractivity contribution in [3.8, 4) is 11.1 Å². The molecule has 112 valence electrons. The van der Waals surface area contributed by atoms with Crippen molar-refractivity contribution in [1.82, 2.24) is 20.6 Å². The second kappa shape index (κ2) is 5.59. The average Bonchev–Trinajstić information content (AvgIpc) is 3.10. The molecule has 7 heteroatoms. The molecule has 2 N–H and O–H groups in total. The lowest BCUT2D eigenvalue weighted by Crippen LogP contribution is -2.33. The first-order valence-electron chi connectivity index (χ1n) is 6.84. The Balaban J connectivity index is 1.82. The fraction of sp³-hybridized carbons (Fsp3) is 0.357. The molecule has 6 nitrogen and oxygen atoms in total. The fourth-order valence-corrected chi connectivity index (χ4v) is 3.08. The van der Waals surface area contributed by atoms with Gasteiger partial charge in [0.25, 0.3) is 0 Å². The van der Waals surface area contributed by atoms with Gasteiger partial charge in [-0.15, -0.1) is 0 Å². The molecule has 0 bridgehead atoms. The highest BCUT2D eigenvalue weighted by Gasteiger charge is 2.15. The molecule has 2 heterocycles. The molecule has 1 fully saturated rings. The summed E-state index contributed by atoms with van der Waals surface area (Å²) in [6, 6.07) is 7.32. The minimum absolute atomic E-state index is 0.328. The number of aromatic nitrogens is 2. The van der Waals surface area contributed by atoms with E-state index in [0.717, 1.165) is 30.6 Å². The van der Waals surface area contributed by atoms with Crippen molar-refractivity contribution in [3.63, 3.8) is 0 Å². The van der Waals surface area contributed by atoms with Gasteiger partial charge in [0, 0.05) is 30.6 Å². The zero-order valence-electron chi connectivity index (χ0n) is 11.8. The molecule has 1 atom stereocenters. The summed E-state index contributed by atoms with van der Waals surface area (Å²) in [6.45, 7) is 1.76. The van der Waals surface area contributed by atoms with E-state index in [4.69, 9.17) is 0 Å². The number of benzene rings is 1. The molecule has 3 rings (SSSR count). The van der Waals surface area contributed by atoms with Crippen LogP contribution in [0.2, 0.25) is 0 Å². The molecule has 1 aliphatic heterocycles. The third kappa shape index (κ3) is 3.31. The summed E-state index contributed by atoms with van der Waals surface area (Å²) in [5.41, 5.74) is 8.08. The van der Waals surface area contributed by atoms with E-state index in [1.165, 1.54) is 6.26 Å². The lowest BCUT2D eigenvalue weighted by molar-refractivity contribution is 0.456. The Morgan fingerprint density at radius 3 is 2.95 bits per heavy atom. The van der Waals surface area contributed by atoms with Gasteiger partial charge < -0.3 is 0 Å². The van der Waals surface area contributed by atoms with Gasteiger partial charge in [0.1, 0.15) is 0 Å². The van der Waals surface area contributed by atoms with Gasteiger partial charge in [-0.05, 0) is 24.1 Å². The quantitative estimate of drug-likeness (QED) is 0.874. The van der Waals surface area contributed by atoms with Crippen molar-refractivity contribution in [2.24, 2.45) is 0 Å². The van der Waals surface area contributed by atoms with Crippen LogP contribution < -0.4 is 10.9 Å². The minimum Gasteiger partial charge on any atom is -0.270 e. The predicted molar refractivity (Wildman–Crippen MR) is 80.3 cm³/mol. The second-order valence-electron chi connectivity index (χ2n) is 5.31. The summed E-state index contributed by atoms with van der Waals surface area (Å²) >= 11 is 0. The van der Waals surface area contributed by atoms with E-state index >= 15 is 0 Å². The van der Waals surface area contributed by atoms with Crippen molar-refractivity contribution in [3.05, 3.63) is 36.7 Å². The lowest BCUT2D eigenvalue weighted by atomic mass is 10.1. The van der Waals surface area contributed by atoms with Crippen LogP contribution in [0.15, 0.2) is 41.6 Å². The van der Waals surface area contributed by atoms with E-state index in [0.29, 0.717) is 10.9 Å². The van der Waals surface area contributed by atoms with Crippen LogP contribution in [0.4, 0.5) is 0 Å². The molecule has 0 saturated carbocycles. The molecule has 0 amide bonds. The molecule has 1 unspecified atom stereocenters. The normalized spacial score (nSPS) is 19.0. The van der Waals surface area contributed by atoms with E-state index in [-0.39, 0.29) is 0 Å². The highest BCUT2D eigenvalue weighted by molar-refractivity contribution is 7.90. The Morgan fingerprint density at radius 2 is 2.24 bits per heavy atom. The topological polar surface area (TPSA) is 76.0 Å². The SMILES string of the molecule is CS(=O)(=O)c1cccc(-c2cnn(CC3CCNN3)c2)c1. The molecule has 1 aliphatic rings. The third-order valence-electron chi connectivity index (χ3n) is 3.56. The second-order valence-corrected chi connectivity index (χ2v) is 7.32. The van der Waals surface area contributed by atoms with Gasteiger partial charge in [-0.3, -0.25) is 15.5 Å². The van der Waals surface area contributed by atoms with Crippen molar-refractivity contribution < 1.29 is 8.42 Å². The van der Waals surface area contributed by atoms with E-state index in [1.807, 2.05) is 16.9 Å². The Hall–Kier alpha value is -1.70. The molecule has 1 saturated heterocycles. The van der Waals surface area contributed by atoms with E-state index in [2.05, 4.69) is 16.0 Å². The van der Waals surface area contributed by atoms with Gasteiger partial charge in [0.15, 0.2) is 9.84 Å². The summed E-state index contributed by atoms with van der Waals surface area (Å²) in [7, 11) is -3.19. The first kappa shape index (κ1) is 14.2. The highest BCUT2D eigenvalue weighted by atomic mass is 32.2. The largest absolute Gasteiger partial charge is 0.270 e. The number of hydrogen-bond acceptors (Lipinski definition) is 5. The summed E-state index contributed by atoms with van der Waals surface area (Å²) in [6.07, 6.45) is 6.00. The molecule has 0 spiro atoms. The summed E-state index contributed by atoms with van der Waals surface area (Å²) in [5, 5.41) is 4.35. The predicted octanol–water partition coefficient (Wildman–Crippen LogP) is 0.820. The van der Waals surface area contributed by atoms with E-state index in [9.17, 15) is 8.42 Å². The number of rotatable bonds is 4. The Bertz CT molecular complexity index is 733. The number of nitrogens with one attached hydrogen (secondary N) is 2. The van der Waals surface area contributed by atoms with E-state index < -0.39 is 9.84 Å². The van der Waals surface area contributed by atoms with Gasteiger partial charge >= 0.3 is 0 Å². The van der Waals surface area contributed by atoms with E-state index in [1.54, 1.807) is 24.4 Å². The Morgan fingerprint density at radius 1 is 1.38 bits per heavy atom. The average molecular weight is 306 g/mol. The highest BCUT2D eigenvalue weighted by Crippen LogP contribution is 2.22. The first-order valence-corrected chi connectivity index (χ1v) is 8.73. The van der Waals surface area contributed by atoms with Crippen LogP contribution in [0.1, 0.15) is 6.42 Å². The molecular formula is C14H18N4O2S. The van der Waals surface area contributed by atoms with Gasteiger partial charge in [0.2, 0.25) is 0 Å². The summed E-state index contributed by atoms with van der Waals surface area (Å²) < 4.78 is 25.1. The van der Waals surface area contributed by atoms with Gasteiger partial charge in [-0.25, -0.2) is 8.42 Å². The van der Waals surface area contributed by atoms with Crippen LogP contribution in [-0.4, -0.2) is 37.0 Å². The van der Waals surface area contributed by atoms with Gasteiger partial charge in [-0.1, -0.05) is 12.1 Å². The molecular weight excluding hydrogens is 288 g/mol. The molecule has 2 aromatic rings. The van der Waals surface area contributed by atoms with Crippen molar-refractivity contribution in [2.45, 2.75) is 23.9 Å². The van der Waals surface area contributed by atoms with Crippen molar-refractivity contribution >= 4 is 9.84 Å². The minimum atomic E-state index is -3.19. The Labute approximate surface area is 124 Å². The van der Waals surface area contributed by atoms with Gasteiger partial charge in [0.05, 0.1) is 17.6 Å². The number of nitrogens with zero attached hydrogens (tertiary/aromatic N) is 2. The van der Waals surface area contributed by atoms with Crippen LogP contribution in [0.25, 0.3) is 11.1 Å². The summed E-state index contributed by atoms with van der Waals surface area (Å²) in [4.78, 5) is 0.328. The smallest absolute Gasteiger partial charge is 0.175 e. The number of sulfone groups is 1.